The number of hydrogen-bond acceptors (Lipinski definition) is 4. The molecule has 4 heteroatoms. The fraction of sp³-hybridized carbons (Fsp3) is 0.227. The molecule has 0 saturated carbocycles. The summed E-state index contributed by atoms with van der Waals surface area (Å²) in [7, 11) is 2.06. The molecule has 0 fully saturated rings. The molecule has 0 aliphatic heterocycles. The molecule has 0 spiro atoms. The van der Waals surface area contributed by atoms with Gasteiger partial charge in [-0.25, -0.2) is 4.98 Å². The topological polar surface area (TPSA) is 51.4 Å². The zero-order valence-electron chi connectivity index (χ0n) is 15.3. The van der Waals surface area contributed by atoms with Crippen LogP contribution in [0, 0.1) is 0 Å². The summed E-state index contributed by atoms with van der Waals surface area (Å²) in [6.45, 7) is 2.93. The van der Waals surface area contributed by atoms with Crippen molar-refractivity contribution in [2.45, 2.75) is 19.3 Å². The third-order valence-electron chi connectivity index (χ3n) is 4.53. The van der Waals surface area contributed by atoms with Gasteiger partial charge in [0.15, 0.2) is 0 Å². The standard InChI is InChI=1S/C22H25N3O/c1-17(14-15-23)18-6-8-19(9-7-18)25(2)20-10-12-21(13-11-20)26-22-5-3-4-16-24-22/h3-13,16-17H,14-15,23H2,1-2H3. The lowest BCUT2D eigenvalue weighted by Gasteiger charge is -2.21. The highest BCUT2D eigenvalue weighted by Gasteiger charge is 2.08. The SMILES string of the molecule is CC(CCN)c1ccc(N(C)c2ccc(Oc3ccccn3)cc2)cc1. The van der Waals surface area contributed by atoms with Crippen molar-refractivity contribution in [1.29, 1.82) is 0 Å². The smallest absolute Gasteiger partial charge is 0.219 e. The average molecular weight is 347 g/mol. The lowest BCUT2D eigenvalue weighted by Crippen LogP contribution is -2.09. The van der Waals surface area contributed by atoms with E-state index < -0.39 is 0 Å². The molecule has 0 amide bonds. The Bertz CT molecular complexity index is 801. The molecule has 1 unspecified atom stereocenters. The molecule has 0 aliphatic rings. The third-order valence-corrected chi connectivity index (χ3v) is 4.53. The number of anilines is 2. The maximum Gasteiger partial charge on any atom is 0.219 e. The van der Waals surface area contributed by atoms with Crippen molar-refractivity contribution < 1.29 is 4.74 Å². The largest absolute Gasteiger partial charge is 0.439 e. The summed E-state index contributed by atoms with van der Waals surface area (Å²) < 4.78 is 5.74. The summed E-state index contributed by atoms with van der Waals surface area (Å²) >= 11 is 0. The van der Waals surface area contributed by atoms with Crippen molar-refractivity contribution in [1.82, 2.24) is 4.98 Å². The third kappa shape index (κ3) is 4.41. The zero-order valence-corrected chi connectivity index (χ0v) is 15.3. The molecule has 134 valence electrons. The van der Waals surface area contributed by atoms with Gasteiger partial charge in [0.05, 0.1) is 0 Å². The predicted octanol–water partition coefficient (Wildman–Crippen LogP) is 5.09. The highest BCUT2D eigenvalue weighted by Crippen LogP contribution is 2.28. The minimum Gasteiger partial charge on any atom is -0.439 e. The summed E-state index contributed by atoms with van der Waals surface area (Å²) in [5.74, 6) is 1.85. The Morgan fingerprint density at radius 1 is 0.962 bits per heavy atom. The Hall–Kier alpha value is -2.85. The molecule has 2 aromatic carbocycles. The van der Waals surface area contributed by atoms with E-state index in [1.807, 2.05) is 42.5 Å². The monoisotopic (exact) mass is 347 g/mol. The van der Waals surface area contributed by atoms with Crippen LogP contribution in [0.1, 0.15) is 24.8 Å². The normalized spacial score (nSPS) is 11.8. The summed E-state index contributed by atoms with van der Waals surface area (Å²) in [4.78, 5) is 6.33. The van der Waals surface area contributed by atoms with E-state index in [0.717, 1.165) is 30.1 Å². The zero-order chi connectivity index (χ0) is 18.4. The number of rotatable bonds is 7. The first-order chi connectivity index (χ1) is 12.7. The van der Waals surface area contributed by atoms with Gasteiger partial charge >= 0.3 is 0 Å². The fourth-order valence-electron chi connectivity index (χ4n) is 2.86. The van der Waals surface area contributed by atoms with Crippen LogP contribution in [0.2, 0.25) is 0 Å². The van der Waals surface area contributed by atoms with Gasteiger partial charge in [0.2, 0.25) is 5.88 Å². The number of benzene rings is 2. The van der Waals surface area contributed by atoms with Gasteiger partial charge in [-0.1, -0.05) is 25.1 Å². The molecular formula is C22H25N3O. The van der Waals surface area contributed by atoms with Crippen molar-refractivity contribution in [3.8, 4) is 11.6 Å². The minimum atomic E-state index is 0.488. The van der Waals surface area contributed by atoms with Crippen LogP contribution in [0.25, 0.3) is 0 Å². The van der Waals surface area contributed by atoms with Gasteiger partial charge in [0, 0.05) is 30.7 Å². The Labute approximate surface area is 155 Å². The number of ether oxygens (including phenoxy) is 1. The van der Waals surface area contributed by atoms with Crippen molar-refractivity contribution in [2.75, 3.05) is 18.5 Å². The van der Waals surface area contributed by atoms with E-state index >= 15 is 0 Å². The van der Waals surface area contributed by atoms with Crippen LogP contribution in [0.15, 0.2) is 72.9 Å². The van der Waals surface area contributed by atoms with Crippen LogP contribution in [-0.4, -0.2) is 18.6 Å². The number of nitrogens with zero attached hydrogens (tertiary/aromatic N) is 2. The minimum absolute atomic E-state index is 0.488. The molecule has 3 aromatic rings. The van der Waals surface area contributed by atoms with E-state index in [9.17, 15) is 0 Å². The second-order valence-electron chi connectivity index (χ2n) is 6.39. The molecule has 1 aromatic heterocycles. The number of aromatic nitrogens is 1. The summed E-state index contributed by atoms with van der Waals surface area (Å²) in [6, 6.07) is 22.3. The van der Waals surface area contributed by atoms with Crippen molar-refractivity contribution in [3.05, 3.63) is 78.5 Å². The van der Waals surface area contributed by atoms with Crippen molar-refractivity contribution in [3.63, 3.8) is 0 Å². The molecule has 0 aliphatic carbocycles. The Kier molecular flexibility index (Phi) is 5.87. The molecule has 0 radical (unpaired) electrons. The molecule has 4 nitrogen and oxygen atoms in total. The first kappa shape index (κ1) is 18.0. The van der Waals surface area contributed by atoms with Crippen LogP contribution in [-0.2, 0) is 0 Å². The molecule has 0 bridgehead atoms. The molecule has 2 N–H and O–H groups in total. The lowest BCUT2D eigenvalue weighted by atomic mass is 9.97. The second-order valence-corrected chi connectivity index (χ2v) is 6.39. The van der Waals surface area contributed by atoms with Gasteiger partial charge in [-0.15, -0.1) is 0 Å². The predicted molar refractivity (Wildman–Crippen MR) is 107 cm³/mol. The second kappa shape index (κ2) is 8.50. The van der Waals surface area contributed by atoms with E-state index in [2.05, 4.69) is 48.1 Å². The quantitative estimate of drug-likeness (QED) is 0.646. The lowest BCUT2D eigenvalue weighted by molar-refractivity contribution is 0.463. The van der Waals surface area contributed by atoms with Crippen molar-refractivity contribution >= 4 is 11.4 Å². The van der Waals surface area contributed by atoms with Crippen molar-refractivity contribution in [2.24, 2.45) is 5.73 Å². The molecule has 3 rings (SSSR count). The first-order valence-corrected chi connectivity index (χ1v) is 8.90. The van der Waals surface area contributed by atoms with Crippen LogP contribution < -0.4 is 15.4 Å². The van der Waals surface area contributed by atoms with E-state index in [0.29, 0.717) is 11.8 Å². The van der Waals surface area contributed by atoms with E-state index in [4.69, 9.17) is 10.5 Å². The maximum atomic E-state index is 5.74. The molecule has 0 saturated heterocycles. The molecular weight excluding hydrogens is 322 g/mol. The van der Waals surface area contributed by atoms with Crippen LogP contribution in [0.4, 0.5) is 11.4 Å². The van der Waals surface area contributed by atoms with Gasteiger partial charge in [-0.2, -0.15) is 0 Å². The summed E-state index contributed by atoms with van der Waals surface area (Å²) in [5.41, 5.74) is 9.23. The van der Waals surface area contributed by atoms with Crippen LogP contribution >= 0.6 is 0 Å². The van der Waals surface area contributed by atoms with Gasteiger partial charge in [0.1, 0.15) is 5.75 Å². The molecule has 1 heterocycles. The van der Waals surface area contributed by atoms with Crippen LogP contribution in [0.3, 0.4) is 0 Å². The summed E-state index contributed by atoms with van der Waals surface area (Å²) in [5, 5.41) is 0. The Morgan fingerprint density at radius 2 is 1.62 bits per heavy atom. The highest BCUT2D eigenvalue weighted by atomic mass is 16.5. The molecule has 1 atom stereocenters. The van der Waals surface area contributed by atoms with Gasteiger partial charge in [0.25, 0.3) is 0 Å². The Balaban J connectivity index is 1.68. The van der Waals surface area contributed by atoms with Gasteiger partial charge in [-0.05, 0) is 66.9 Å². The summed E-state index contributed by atoms with van der Waals surface area (Å²) in [6.07, 6.45) is 2.72. The number of nitrogens with two attached hydrogens (primary N) is 1. The molecule has 26 heavy (non-hydrogen) atoms. The van der Waals surface area contributed by atoms with Gasteiger partial charge in [-0.3, -0.25) is 0 Å². The van der Waals surface area contributed by atoms with Crippen LogP contribution in [0.5, 0.6) is 11.6 Å². The van der Waals surface area contributed by atoms with E-state index in [-0.39, 0.29) is 0 Å². The average Bonchev–Trinajstić information content (AvgIpc) is 2.69. The van der Waals surface area contributed by atoms with E-state index in [1.54, 1.807) is 6.20 Å². The Morgan fingerprint density at radius 3 is 2.19 bits per heavy atom. The fourth-order valence-corrected chi connectivity index (χ4v) is 2.86. The van der Waals surface area contributed by atoms with Gasteiger partial charge < -0.3 is 15.4 Å². The number of pyridine rings is 1. The first-order valence-electron chi connectivity index (χ1n) is 8.90. The van der Waals surface area contributed by atoms with E-state index in [1.165, 1.54) is 5.56 Å². The maximum absolute atomic E-state index is 5.74. The number of hydrogen-bond donors (Lipinski definition) is 1. The highest BCUT2D eigenvalue weighted by molar-refractivity contribution is 5.63.